The highest BCUT2D eigenvalue weighted by atomic mass is 14.8. The Labute approximate surface area is 60.0 Å². The Balaban J connectivity index is 2.98. The summed E-state index contributed by atoms with van der Waals surface area (Å²) in [5.74, 6) is 0. The summed E-state index contributed by atoms with van der Waals surface area (Å²) < 4.78 is 22.2. The molecule has 0 fully saturated rings. The van der Waals surface area contributed by atoms with Gasteiger partial charge in [-0.2, -0.15) is 0 Å². The normalized spacial score (nSPS) is 16.4. The molecule has 0 atom stereocenters. The number of hydrogen-bond donors (Lipinski definition) is 1. The fraction of sp³-hybridized carbons (Fsp3) is 0.250. The lowest BCUT2D eigenvalue weighted by Crippen LogP contribution is -2.04. The number of nitrogens with one attached hydrogen (secondary N) is 1. The minimum Gasteiger partial charge on any atom is -0.316 e. The number of rotatable bonds is 2. The van der Waals surface area contributed by atoms with Crippen molar-refractivity contribution in [1.82, 2.24) is 5.31 Å². The summed E-state index contributed by atoms with van der Waals surface area (Å²) in [6, 6.07) is 8.69. The highest BCUT2D eigenvalue weighted by Crippen LogP contribution is 1.95. The lowest BCUT2D eigenvalue weighted by Gasteiger charge is -1.95. The van der Waals surface area contributed by atoms with Crippen molar-refractivity contribution in [3.63, 3.8) is 0 Å². The lowest BCUT2D eigenvalue weighted by molar-refractivity contribution is 0.818. The fourth-order valence-corrected chi connectivity index (χ4v) is 0.642. The molecule has 1 N–H and O–H groups in total. The van der Waals surface area contributed by atoms with Crippen molar-refractivity contribution in [1.29, 1.82) is 0 Å². The van der Waals surface area contributed by atoms with E-state index in [2.05, 4.69) is 0 Å². The van der Waals surface area contributed by atoms with Crippen LogP contribution in [0.4, 0.5) is 0 Å². The van der Waals surface area contributed by atoms with Gasteiger partial charge in [-0.1, -0.05) is 30.3 Å². The van der Waals surface area contributed by atoms with E-state index in [9.17, 15) is 0 Å². The van der Waals surface area contributed by atoms with Gasteiger partial charge < -0.3 is 5.31 Å². The highest BCUT2D eigenvalue weighted by molar-refractivity contribution is 5.13. The molecule has 1 nitrogen and oxygen atoms in total. The van der Waals surface area contributed by atoms with Crippen LogP contribution < -0.4 is 5.31 Å². The molecule has 48 valence electrons. The Morgan fingerprint density at radius 1 is 1.56 bits per heavy atom. The topological polar surface area (TPSA) is 12.0 Å². The molecule has 0 saturated carbocycles. The van der Waals surface area contributed by atoms with Crippen LogP contribution >= 0.6 is 0 Å². The first kappa shape index (κ1) is 3.37. The zero-order valence-corrected chi connectivity index (χ0v) is 5.33. The molecule has 0 saturated heterocycles. The van der Waals surface area contributed by atoms with E-state index in [0.717, 1.165) is 5.31 Å². The maximum atomic E-state index is 7.53. The minimum atomic E-state index is -1.71. The van der Waals surface area contributed by atoms with Gasteiger partial charge in [0, 0.05) is 9.24 Å². The van der Waals surface area contributed by atoms with Gasteiger partial charge >= 0.3 is 0 Å². The average molecular weight is 124 g/mol. The third-order valence-corrected chi connectivity index (χ3v) is 1.01. The van der Waals surface area contributed by atoms with Crippen molar-refractivity contribution in [2.75, 3.05) is 7.05 Å². The van der Waals surface area contributed by atoms with E-state index < -0.39 is 6.50 Å². The van der Waals surface area contributed by atoms with Gasteiger partial charge in [-0.3, -0.25) is 0 Å². The molecule has 1 heteroatoms. The maximum Gasteiger partial charge on any atom is 0.122 e. The molecule has 0 aromatic heterocycles. The summed E-state index contributed by atoms with van der Waals surface area (Å²) in [5, 5.41) is 0.808. The van der Waals surface area contributed by atoms with Gasteiger partial charge in [0.15, 0.2) is 0 Å². The van der Waals surface area contributed by atoms with Crippen molar-refractivity contribution in [2.24, 2.45) is 0 Å². The summed E-state index contributed by atoms with van der Waals surface area (Å²) in [5.41, 5.74) is 0.502. The molecule has 0 aliphatic heterocycles. The standard InChI is InChI=1S/C8H11N/c1-9-7-8-5-3-2-4-6-8/h2-6,9H,7H2,1H3/i7D2/hD. The zero-order chi connectivity index (χ0) is 9.19. The second kappa shape index (κ2) is 3.25. The second-order valence-corrected chi connectivity index (χ2v) is 1.70. The smallest absolute Gasteiger partial charge is 0.122 e. The second-order valence-electron chi connectivity index (χ2n) is 1.70. The Hall–Kier alpha value is -0.820. The van der Waals surface area contributed by atoms with Crippen LogP contribution in [0, 0.1) is 0 Å². The van der Waals surface area contributed by atoms with E-state index in [0.29, 0.717) is 5.56 Å². The monoisotopic (exact) mass is 124 g/mol. The van der Waals surface area contributed by atoms with Crippen LogP contribution in [0.2, 0.25) is 1.41 Å². The zero-order valence-electron chi connectivity index (χ0n) is 8.33. The first-order chi connectivity index (χ1) is 5.55. The highest BCUT2D eigenvalue weighted by Gasteiger charge is 1.83. The lowest BCUT2D eigenvalue weighted by atomic mass is 10.2. The average Bonchev–Trinajstić information content (AvgIpc) is 2.06. The van der Waals surface area contributed by atoms with Crippen LogP contribution in [0.1, 0.15) is 8.30 Å². The molecule has 0 amide bonds. The van der Waals surface area contributed by atoms with Crippen LogP contribution in [-0.2, 0) is 6.50 Å². The van der Waals surface area contributed by atoms with Crippen LogP contribution in [0.25, 0.3) is 0 Å². The molecule has 0 aliphatic carbocycles. The molecule has 0 bridgehead atoms. The molecular weight excluding hydrogens is 110 g/mol. The van der Waals surface area contributed by atoms with E-state index in [-0.39, 0.29) is 0 Å². The van der Waals surface area contributed by atoms with Gasteiger partial charge in [0.1, 0.15) is 1.41 Å². The number of hydrogen-bond acceptors (Lipinski definition) is 1. The summed E-state index contributed by atoms with van der Waals surface area (Å²) >= 11 is 0. The Bertz CT molecular complexity index is 246. The van der Waals surface area contributed by atoms with Crippen LogP contribution in [0.5, 0.6) is 0 Å². The SMILES string of the molecule is [2H]N(C)C([2H])([2H])c1ccccc1. The van der Waals surface area contributed by atoms with E-state index >= 15 is 0 Å². The van der Waals surface area contributed by atoms with Crippen molar-refractivity contribution in [3.8, 4) is 0 Å². The molecule has 0 spiro atoms. The van der Waals surface area contributed by atoms with E-state index in [1.165, 1.54) is 7.05 Å². The first-order valence-corrected chi connectivity index (χ1v) is 2.83. The Kier molecular flexibility index (Phi) is 1.22. The van der Waals surface area contributed by atoms with E-state index in [4.69, 9.17) is 4.15 Å². The molecule has 1 aromatic carbocycles. The van der Waals surface area contributed by atoms with Crippen molar-refractivity contribution in [3.05, 3.63) is 35.9 Å². The van der Waals surface area contributed by atoms with Gasteiger partial charge in [-0.25, -0.2) is 0 Å². The molecule has 1 rings (SSSR count). The summed E-state index contributed by atoms with van der Waals surface area (Å²) in [7, 11) is 1.40. The van der Waals surface area contributed by atoms with E-state index in [1.807, 2.05) is 6.07 Å². The number of benzene rings is 1. The molecule has 0 aliphatic rings. The molecule has 9 heavy (non-hydrogen) atoms. The largest absolute Gasteiger partial charge is 0.316 e. The molecule has 0 heterocycles. The van der Waals surface area contributed by atoms with E-state index in [1.54, 1.807) is 24.3 Å². The summed E-state index contributed by atoms with van der Waals surface area (Å²) in [6.45, 7) is -1.71. The van der Waals surface area contributed by atoms with Crippen LogP contribution in [-0.4, -0.2) is 7.05 Å². The van der Waals surface area contributed by atoms with Gasteiger partial charge in [0.2, 0.25) is 0 Å². The predicted molar refractivity (Wildman–Crippen MR) is 39.2 cm³/mol. The van der Waals surface area contributed by atoms with Gasteiger partial charge in [-0.05, 0) is 12.6 Å². The Morgan fingerprint density at radius 3 is 2.78 bits per heavy atom. The van der Waals surface area contributed by atoms with Gasteiger partial charge in [-0.15, -0.1) is 0 Å². The van der Waals surface area contributed by atoms with Crippen LogP contribution in [0.15, 0.2) is 30.3 Å². The molecule has 0 unspecified atom stereocenters. The third-order valence-electron chi connectivity index (χ3n) is 1.01. The molecule has 0 radical (unpaired) electrons. The van der Waals surface area contributed by atoms with Gasteiger partial charge in [0.25, 0.3) is 0 Å². The van der Waals surface area contributed by atoms with Crippen LogP contribution in [0.3, 0.4) is 0 Å². The maximum absolute atomic E-state index is 7.53. The van der Waals surface area contributed by atoms with Crippen molar-refractivity contribution >= 4 is 0 Å². The quantitative estimate of drug-likeness (QED) is 0.628. The van der Waals surface area contributed by atoms with Crippen molar-refractivity contribution in [2.45, 2.75) is 6.50 Å². The summed E-state index contributed by atoms with van der Waals surface area (Å²) in [4.78, 5) is 0. The third kappa shape index (κ3) is 1.86. The predicted octanol–water partition coefficient (Wildman–Crippen LogP) is 1.41. The minimum absolute atomic E-state index is 0.502. The summed E-state index contributed by atoms with van der Waals surface area (Å²) in [6.07, 6.45) is 0. The fourth-order valence-electron chi connectivity index (χ4n) is 0.642. The van der Waals surface area contributed by atoms with Gasteiger partial charge in [0.05, 0.1) is 0 Å². The molecule has 1 aromatic rings. The molecular formula is C8H11N. The first-order valence-electron chi connectivity index (χ1n) is 4.28. The van der Waals surface area contributed by atoms with Crippen molar-refractivity contribution < 1.29 is 4.15 Å². The Morgan fingerprint density at radius 2 is 2.22 bits per heavy atom.